The van der Waals surface area contributed by atoms with Crippen molar-refractivity contribution in [1.82, 2.24) is 15.2 Å². The fourth-order valence-electron chi connectivity index (χ4n) is 2.07. The molecule has 0 bridgehead atoms. The van der Waals surface area contributed by atoms with Crippen LogP contribution in [0.5, 0.6) is 5.75 Å². The van der Waals surface area contributed by atoms with Gasteiger partial charge in [0.1, 0.15) is 5.75 Å². The Kier molecular flexibility index (Phi) is 4.15. The molecule has 1 aromatic heterocycles. The van der Waals surface area contributed by atoms with Gasteiger partial charge in [-0.15, -0.1) is 0 Å². The number of hydrogen-bond donors (Lipinski definition) is 1. The molecule has 0 saturated carbocycles. The fraction of sp³-hybridized carbons (Fsp3) is 0.538. The molecule has 5 heteroatoms. The molecule has 1 aliphatic rings. The zero-order chi connectivity index (χ0) is 13.0. The summed E-state index contributed by atoms with van der Waals surface area (Å²) in [6.45, 7) is 6.24. The Bertz CT molecular complexity index is 396. The Morgan fingerprint density at radius 2 is 2.50 bits per heavy atom. The van der Waals surface area contributed by atoms with Crippen molar-refractivity contribution in [3.8, 4) is 5.75 Å². The maximum Gasteiger partial charge on any atom is 0.263 e. The standard InChI is InChI=1S/C13H19N3O2/c1-10-8-15-6-7-16(10)13(17)11(2)18-12-4-3-5-14-9-12/h3-5,9-11,15H,6-8H2,1-2H3/t10-,11-/m1/s1. The van der Waals surface area contributed by atoms with Gasteiger partial charge in [0.2, 0.25) is 0 Å². The van der Waals surface area contributed by atoms with Crippen molar-refractivity contribution in [3.05, 3.63) is 24.5 Å². The number of aromatic nitrogens is 1. The Morgan fingerprint density at radius 3 is 3.17 bits per heavy atom. The molecule has 1 saturated heterocycles. The number of rotatable bonds is 3. The van der Waals surface area contributed by atoms with Crippen LogP contribution in [0.3, 0.4) is 0 Å². The van der Waals surface area contributed by atoms with Crippen molar-refractivity contribution in [2.24, 2.45) is 0 Å². The average Bonchev–Trinajstić information content (AvgIpc) is 2.39. The van der Waals surface area contributed by atoms with Crippen molar-refractivity contribution >= 4 is 5.91 Å². The van der Waals surface area contributed by atoms with E-state index >= 15 is 0 Å². The second kappa shape index (κ2) is 5.82. The fourth-order valence-corrected chi connectivity index (χ4v) is 2.07. The molecule has 1 N–H and O–H groups in total. The van der Waals surface area contributed by atoms with Crippen molar-refractivity contribution in [2.75, 3.05) is 19.6 Å². The van der Waals surface area contributed by atoms with E-state index in [-0.39, 0.29) is 11.9 Å². The minimum atomic E-state index is -0.477. The van der Waals surface area contributed by atoms with Gasteiger partial charge in [-0.25, -0.2) is 0 Å². The number of piperazine rings is 1. The van der Waals surface area contributed by atoms with Crippen LogP contribution in [0.15, 0.2) is 24.5 Å². The van der Waals surface area contributed by atoms with E-state index in [1.165, 1.54) is 0 Å². The molecule has 18 heavy (non-hydrogen) atoms. The van der Waals surface area contributed by atoms with Crippen LogP contribution < -0.4 is 10.1 Å². The quantitative estimate of drug-likeness (QED) is 0.855. The van der Waals surface area contributed by atoms with Gasteiger partial charge in [-0.05, 0) is 26.0 Å². The predicted molar refractivity (Wildman–Crippen MR) is 68.4 cm³/mol. The summed E-state index contributed by atoms with van der Waals surface area (Å²) in [5.41, 5.74) is 0. The van der Waals surface area contributed by atoms with E-state index < -0.39 is 6.10 Å². The van der Waals surface area contributed by atoms with E-state index in [1.807, 2.05) is 11.8 Å². The van der Waals surface area contributed by atoms with Gasteiger partial charge in [0.15, 0.2) is 6.10 Å². The lowest BCUT2D eigenvalue weighted by atomic mass is 10.2. The first-order chi connectivity index (χ1) is 8.68. The molecule has 1 aliphatic heterocycles. The summed E-state index contributed by atoms with van der Waals surface area (Å²) in [5.74, 6) is 0.661. The molecular weight excluding hydrogens is 230 g/mol. The smallest absolute Gasteiger partial charge is 0.263 e. The van der Waals surface area contributed by atoms with E-state index in [2.05, 4.69) is 10.3 Å². The van der Waals surface area contributed by atoms with E-state index in [1.54, 1.807) is 31.5 Å². The van der Waals surface area contributed by atoms with E-state index in [0.29, 0.717) is 5.75 Å². The van der Waals surface area contributed by atoms with Crippen molar-refractivity contribution in [1.29, 1.82) is 0 Å². The summed E-state index contributed by atoms with van der Waals surface area (Å²) in [6, 6.07) is 3.81. The maximum absolute atomic E-state index is 12.3. The van der Waals surface area contributed by atoms with Crippen LogP contribution in [-0.4, -0.2) is 47.6 Å². The molecule has 5 nitrogen and oxygen atoms in total. The summed E-state index contributed by atoms with van der Waals surface area (Å²) in [6.07, 6.45) is 2.82. The van der Waals surface area contributed by atoms with Crippen LogP contribution in [0.2, 0.25) is 0 Å². The normalized spacial score (nSPS) is 21.4. The highest BCUT2D eigenvalue weighted by Gasteiger charge is 2.27. The lowest BCUT2D eigenvalue weighted by Gasteiger charge is -2.35. The number of nitrogens with one attached hydrogen (secondary N) is 1. The first-order valence-corrected chi connectivity index (χ1v) is 6.26. The van der Waals surface area contributed by atoms with Crippen LogP contribution in [-0.2, 0) is 4.79 Å². The molecule has 0 aliphatic carbocycles. The topological polar surface area (TPSA) is 54.5 Å². The van der Waals surface area contributed by atoms with Crippen LogP contribution in [0.1, 0.15) is 13.8 Å². The molecule has 1 amide bonds. The van der Waals surface area contributed by atoms with Crippen LogP contribution >= 0.6 is 0 Å². The largest absolute Gasteiger partial charge is 0.479 e. The summed E-state index contributed by atoms with van der Waals surface area (Å²) in [5, 5.41) is 3.26. The molecule has 0 unspecified atom stereocenters. The Balaban J connectivity index is 1.96. The van der Waals surface area contributed by atoms with Crippen molar-refractivity contribution in [2.45, 2.75) is 26.0 Å². The Hall–Kier alpha value is -1.62. The second-order valence-electron chi connectivity index (χ2n) is 4.53. The Labute approximate surface area is 107 Å². The average molecular weight is 249 g/mol. The number of carbonyl (C=O) groups is 1. The molecule has 0 aromatic carbocycles. The van der Waals surface area contributed by atoms with Gasteiger partial charge in [-0.1, -0.05) is 0 Å². The van der Waals surface area contributed by atoms with Crippen molar-refractivity contribution < 1.29 is 9.53 Å². The lowest BCUT2D eigenvalue weighted by molar-refractivity contribution is -0.140. The zero-order valence-corrected chi connectivity index (χ0v) is 10.8. The van der Waals surface area contributed by atoms with Crippen LogP contribution in [0.4, 0.5) is 0 Å². The molecule has 98 valence electrons. The van der Waals surface area contributed by atoms with Gasteiger partial charge < -0.3 is 15.0 Å². The number of hydrogen-bond acceptors (Lipinski definition) is 4. The molecule has 2 rings (SSSR count). The third kappa shape index (κ3) is 2.98. The summed E-state index contributed by atoms with van der Waals surface area (Å²) in [4.78, 5) is 18.1. The highest BCUT2D eigenvalue weighted by Crippen LogP contribution is 2.12. The molecule has 2 heterocycles. The zero-order valence-electron chi connectivity index (χ0n) is 10.8. The van der Waals surface area contributed by atoms with E-state index in [0.717, 1.165) is 19.6 Å². The lowest BCUT2D eigenvalue weighted by Crippen LogP contribution is -2.55. The molecule has 1 aromatic rings. The van der Waals surface area contributed by atoms with Crippen molar-refractivity contribution in [3.63, 3.8) is 0 Å². The van der Waals surface area contributed by atoms with Gasteiger partial charge in [0.05, 0.1) is 6.20 Å². The number of pyridine rings is 1. The molecule has 0 spiro atoms. The third-order valence-corrected chi connectivity index (χ3v) is 3.08. The summed E-state index contributed by atoms with van der Waals surface area (Å²) >= 11 is 0. The Morgan fingerprint density at radius 1 is 1.67 bits per heavy atom. The molecule has 2 atom stereocenters. The third-order valence-electron chi connectivity index (χ3n) is 3.08. The second-order valence-corrected chi connectivity index (χ2v) is 4.53. The summed E-state index contributed by atoms with van der Waals surface area (Å²) < 4.78 is 5.60. The molecular formula is C13H19N3O2. The monoisotopic (exact) mass is 249 g/mol. The minimum Gasteiger partial charge on any atom is -0.479 e. The van der Waals surface area contributed by atoms with E-state index in [4.69, 9.17) is 4.74 Å². The first kappa shape index (κ1) is 12.8. The van der Waals surface area contributed by atoms with Gasteiger partial charge in [-0.2, -0.15) is 0 Å². The van der Waals surface area contributed by atoms with Crippen LogP contribution in [0, 0.1) is 0 Å². The van der Waals surface area contributed by atoms with Gasteiger partial charge >= 0.3 is 0 Å². The van der Waals surface area contributed by atoms with Gasteiger partial charge in [-0.3, -0.25) is 9.78 Å². The molecule has 0 radical (unpaired) electrons. The van der Waals surface area contributed by atoms with Crippen LogP contribution in [0.25, 0.3) is 0 Å². The highest BCUT2D eigenvalue weighted by atomic mass is 16.5. The number of ether oxygens (including phenoxy) is 1. The first-order valence-electron chi connectivity index (χ1n) is 6.26. The predicted octanol–water partition coefficient (Wildman–Crippen LogP) is 0.669. The number of nitrogens with zero attached hydrogens (tertiary/aromatic N) is 2. The highest BCUT2D eigenvalue weighted by molar-refractivity contribution is 5.81. The van der Waals surface area contributed by atoms with Gasteiger partial charge in [0, 0.05) is 31.9 Å². The SMILES string of the molecule is C[C@@H]1CNCCN1C(=O)[C@@H](C)Oc1cccnc1. The number of amides is 1. The number of carbonyl (C=O) groups excluding carboxylic acids is 1. The van der Waals surface area contributed by atoms with E-state index in [9.17, 15) is 4.79 Å². The summed E-state index contributed by atoms with van der Waals surface area (Å²) in [7, 11) is 0. The maximum atomic E-state index is 12.3. The minimum absolute atomic E-state index is 0.0350. The molecule has 1 fully saturated rings. The van der Waals surface area contributed by atoms with Gasteiger partial charge in [0.25, 0.3) is 5.91 Å².